The largest absolute Gasteiger partial charge is 0.497 e. The summed E-state index contributed by atoms with van der Waals surface area (Å²) in [4.78, 5) is 26.5. The Morgan fingerprint density at radius 1 is 1.13 bits per heavy atom. The third-order valence-corrected chi connectivity index (χ3v) is 4.85. The van der Waals surface area contributed by atoms with Gasteiger partial charge in [-0.3, -0.25) is 9.59 Å². The lowest BCUT2D eigenvalue weighted by Gasteiger charge is -2.24. The van der Waals surface area contributed by atoms with E-state index in [2.05, 4.69) is 5.32 Å². The average molecular weight is 316 g/mol. The maximum absolute atomic E-state index is 12.4. The Morgan fingerprint density at radius 3 is 2.61 bits per heavy atom. The molecule has 0 radical (unpaired) electrons. The van der Waals surface area contributed by atoms with E-state index < -0.39 is 0 Å². The predicted molar refractivity (Wildman–Crippen MR) is 87.7 cm³/mol. The summed E-state index contributed by atoms with van der Waals surface area (Å²) < 4.78 is 5.08. The van der Waals surface area contributed by atoms with Gasteiger partial charge in [-0.05, 0) is 43.5 Å². The van der Waals surface area contributed by atoms with E-state index in [4.69, 9.17) is 4.74 Å². The molecule has 2 aliphatic rings. The highest BCUT2D eigenvalue weighted by Crippen LogP contribution is 2.21. The van der Waals surface area contributed by atoms with Crippen molar-refractivity contribution in [1.29, 1.82) is 0 Å². The van der Waals surface area contributed by atoms with E-state index in [0.29, 0.717) is 24.1 Å². The second kappa shape index (κ2) is 7.13. The standard InChI is InChI=1S/C18H24N2O3/c1-23-16-6-2-13(3-7-16)17(21)8-9-18(22)20-11-10-14-4-5-15(12-20)19-14/h2-3,6-7,14-15,19H,4-5,8-12H2,1H3. The van der Waals surface area contributed by atoms with E-state index in [1.807, 2.05) is 4.90 Å². The van der Waals surface area contributed by atoms with Crippen molar-refractivity contribution in [3.8, 4) is 5.75 Å². The average Bonchev–Trinajstić information content (AvgIpc) is 2.91. The van der Waals surface area contributed by atoms with Crippen LogP contribution >= 0.6 is 0 Å². The van der Waals surface area contributed by atoms with Crippen molar-refractivity contribution in [3.63, 3.8) is 0 Å². The summed E-state index contributed by atoms with van der Waals surface area (Å²) in [5.41, 5.74) is 0.634. The predicted octanol–water partition coefficient (Wildman–Crippen LogP) is 2.01. The first-order valence-electron chi connectivity index (χ1n) is 8.37. The van der Waals surface area contributed by atoms with E-state index in [1.165, 1.54) is 6.42 Å². The zero-order valence-corrected chi connectivity index (χ0v) is 13.6. The number of likely N-dealkylation sites (tertiary alicyclic amines) is 1. The fraction of sp³-hybridized carbons (Fsp3) is 0.556. The van der Waals surface area contributed by atoms with Gasteiger partial charge in [0.1, 0.15) is 5.75 Å². The van der Waals surface area contributed by atoms with Crippen LogP contribution in [0.25, 0.3) is 0 Å². The number of rotatable bonds is 5. The first-order chi connectivity index (χ1) is 11.2. The van der Waals surface area contributed by atoms with Crippen LogP contribution in [0.2, 0.25) is 0 Å². The highest BCUT2D eigenvalue weighted by Gasteiger charge is 2.31. The Labute approximate surface area is 137 Å². The van der Waals surface area contributed by atoms with Gasteiger partial charge in [0.05, 0.1) is 7.11 Å². The Morgan fingerprint density at radius 2 is 1.87 bits per heavy atom. The maximum Gasteiger partial charge on any atom is 0.223 e. The first kappa shape index (κ1) is 16.0. The van der Waals surface area contributed by atoms with Crippen LogP contribution in [0.15, 0.2) is 24.3 Å². The van der Waals surface area contributed by atoms with E-state index in [1.54, 1.807) is 31.4 Å². The van der Waals surface area contributed by atoms with Crippen molar-refractivity contribution in [1.82, 2.24) is 10.2 Å². The number of carbonyl (C=O) groups excluding carboxylic acids is 2. The molecule has 2 unspecified atom stereocenters. The number of carbonyl (C=O) groups is 2. The first-order valence-corrected chi connectivity index (χ1v) is 8.37. The molecule has 124 valence electrons. The molecule has 3 rings (SSSR count). The second-order valence-corrected chi connectivity index (χ2v) is 6.42. The molecule has 1 aromatic carbocycles. The molecular formula is C18H24N2O3. The minimum Gasteiger partial charge on any atom is -0.497 e. The van der Waals surface area contributed by atoms with Gasteiger partial charge in [-0.25, -0.2) is 0 Å². The van der Waals surface area contributed by atoms with Crippen molar-refractivity contribution >= 4 is 11.7 Å². The number of nitrogens with zero attached hydrogens (tertiary/aromatic N) is 1. The van der Waals surface area contributed by atoms with Gasteiger partial charge in [0.25, 0.3) is 0 Å². The van der Waals surface area contributed by atoms with Crippen molar-refractivity contribution < 1.29 is 14.3 Å². The van der Waals surface area contributed by atoms with Gasteiger partial charge >= 0.3 is 0 Å². The van der Waals surface area contributed by atoms with Crippen LogP contribution < -0.4 is 10.1 Å². The molecule has 0 aromatic heterocycles. The van der Waals surface area contributed by atoms with Gasteiger partial charge in [0.2, 0.25) is 5.91 Å². The molecule has 2 saturated heterocycles. The zero-order chi connectivity index (χ0) is 16.2. The van der Waals surface area contributed by atoms with Crippen LogP contribution in [0.4, 0.5) is 0 Å². The van der Waals surface area contributed by atoms with Crippen LogP contribution in [0.1, 0.15) is 42.5 Å². The van der Waals surface area contributed by atoms with E-state index in [9.17, 15) is 9.59 Å². The molecule has 0 aliphatic carbocycles. The number of methoxy groups -OCH3 is 1. The number of ether oxygens (including phenoxy) is 1. The molecule has 2 fully saturated rings. The molecule has 2 heterocycles. The monoisotopic (exact) mass is 316 g/mol. The maximum atomic E-state index is 12.4. The lowest BCUT2D eigenvalue weighted by molar-refractivity contribution is -0.131. The highest BCUT2D eigenvalue weighted by atomic mass is 16.5. The molecule has 1 N–H and O–H groups in total. The van der Waals surface area contributed by atoms with Gasteiger partial charge in [-0.2, -0.15) is 0 Å². The van der Waals surface area contributed by atoms with Gasteiger partial charge < -0.3 is 15.0 Å². The number of hydrogen-bond donors (Lipinski definition) is 1. The molecule has 0 spiro atoms. The fourth-order valence-corrected chi connectivity index (χ4v) is 3.47. The summed E-state index contributed by atoms with van der Waals surface area (Å²) in [6.45, 7) is 1.59. The summed E-state index contributed by atoms with van der Waals surface area (Å²) in [5.74, 6) is 0.835. The van der Waals surface area contributed by atoms with Crippen molar-refractivity contribution in [2.75, 3.05) is 20.2 Å². The summed E-state index contributed by atoms with van der Waals surface area (Å²) in [6, 6.07) is 8.04. The van der Waals surface area contributed by atoms with E-state index >= 15 is 0 Å². The number of ketones is 1. The smallest absolute Gasteiger partial charge is 0.223 e. The number of benzene rings is 1. The lowest BCUT2D eigenvalue weighted by Crippen LogP contribution is -2.39. The number of nitrogens with one attached hydrogen (secondary N) is 1. The summed E-state index contributed by atoms with van der Waals surface area (Å²) in [6.07, 6.45) is 3.96. The minimum absolute atomic E-state index is 0.00970. The topological polar surface area (TPSA) is 58.6 Å². The molecule has 0 saturated carbocycles. The normalized spacial score (nSPS) is 23.4. The summed E-state index contributed by atoms with van der Waals surface area (Å²) in [5, 5.41) is 3.57. The van der Waals surface area contributed by atoms with Gasteiger partial charge in [-0.1, -0.05) is 0 Å². The number of hydrogen-bond acceptors (Lipinski definition) is 4. The van der Waals surface area contributed by atoms with Gasteiger partial charge in [0.15, 0.2) is 5.78 Å². The minimum atomic E-state index is 0.00970. The molecule has 23 heavy (non-hydrogen) atoms. The van der Waals surface area contributed by atoms with Crippen molar-refractivity contribution in [3.05, 3.63) is 29.8 Å². The van der Waals surface area contributed by atoms with Crippen LogP contribution in [0.5, 0.6) is 5.75 Å². The molecule has 5 heteroatoms. The zero-order valence-electron chi connectivity index (χ0n) is 13.6. The van der Waals surface area contributed by atoms with Crippen LogP contribution in [-0.4, -0.2) is 48.9 Å². The molecule has 1 aromatic rings. The van der Waals surface area contributed by atoms with Gasteiger partial charge in [-0.15, -0.1) is 0 Å². The molecule has 2 atom stereocenters. The Hall–Kier alpha value is -1.88. The summed E-state index contributed by atoms with van der Waals surface area (Å²) in [7, 11) is 1.60. The molecule has 2 bridgehead atoms. The Kier molecular flexibility index (Phi) is 4.96. The quantitative estimate of drug-likeness (QED) is 0.844. The van der Waals surface area contributed by atoms with E-state index in [-0.39, 0.29) is 18.1 Å². The van der Waals surface area contributed by atoms with Crippen LogP contribution in [-0.2, 0) is 4.79 Å². The molecule has 2 aliphatic heterocycles. The SMILES string of the molecule is COc1ccc(C(=O)CCC(=O)N2CCC3CCC(C2)N3)cc1. The van der Waals surface area contributed by atoms with Crippen molar-refractivity contribution in [2.24, 2.45) is 0 Å². The highest BCUT2D eigenvalue weighted by molar-refractivity contribution is 5.98. The Bertz CT molecular complexity index is 570. The third-order valence-electron chi connectivity index (χ3n) is 4.85. The van der Waals surface area contributed by atoms with Gasteiger partial charge in [0, 0.05) is 43.6 Å². The number of amides is 1. The Balaban J connectivity index is 1.50. The van der Waals surface area contributed by atoms with Crippen LogP contribution in [0.3, 0.4) is 0 Å². The third kappa shape index (κ3) is 3.91. The lowest BCUT2D eigenvalue weighted by atomic mass is 10.0. The van der Waals surface area contributed by atoms with Crippen molar-refractivity contribution in [2.45, 2.75) is 44.2 Å². The molecule has 5 nitrogen and oxygen atoms in total. The van der Waals surface area contributed by atoms with E-state index in [0.717, 1.165) is 31.7 Å². The number of Topliss-reactive ketones (excluding diaryl/α,β-unsaturated/α-hetero) is 1. The fourth-order valence-electron chi connectivity index (χ4n) is 3.47. The molecule has 1 amide bonds. The summed E-state index contributed by atoms with van der Waals surface area (Å²) >= 11 is 0. The molecular weight excluding hydrogens is 292 g/mol. The van der Waals surface area contributed by atoms with Crippen LogP contribution in [0, 0.1) is 0 Å². The second-order valence-electron chi connectivity index (χ2n) is 6.42. The number of fused-ring (bicyclic) bond motifs is 2.